The highest BCUT2D eigenvalue weighted by atomic mass is 35.5. The van der Waals surface area contributed by atoms with Crippen LogP contribution in [0.3, 0.4) is 0 Å². The summed E-state index contributed by atoms with van der Waals surface area (Å²) in [4.78, 5) is 10.6. The quantitative estimate of drug-likeness (QED) is 0.895. The van der Waals surface area contributed by atoms with E-state index in [1.165, 1.54) is 6.20 Å². The highest BCUT2D eigenvalue weighted by Crippen LogP contribution is 2.10. The van der Waals surface area contributed by atoms with Crippen LogP contribution >= 0.6 is 11.6 Å². The van der Waals surface area contributed by atoms with Crippen LogP contribution in [0.15, 0.2) is 12.4 Å². The van der Waals surface area contributed by atoms with Gasteiger partial charge in [-0.15, -0.1) is 0 Å². The number of nitrogens with zero attached hydrogens (tertiary/aromatic N) is 3. The number of halogens is 1. The Labute approximate surface area is 119 Å². The van der Waals surface area contributed by atoms with E-state index >= 15 is 0 Å². The monoisotopic (exact) mass is 284 g/mol. The second kappa shape index (κ2) is 7.03. The molecule has 1 aromatic rings. The highest BCUT2D eigenvalue weighted by Gasteiger charge is 2.20. The molecule has 106 valence electrons. The fraction of sp³-hybridized carbons (Fsp3) is 0.692. The molecule has 0 saturated carbocycles. The average molecular weight is 285 g/mol. The van der Waals surface area contributed by atoms with Crippen LogP contribution in [0.2, 0.25) is 5.15 Å². The predicted molar refractivity (Wildman–Crippen MR) is 76.5 cm³/mol. The van der Waals surface area contributed by atoms with E-state index in [1.54, 1.807) is 6.20 Å². The maximum absolute atomic E-state index is 5.79. The topological polar surface area (TPSA) is 50.3 Å². The molecular weight excluding hydrogens is 264 g/mol. The third kappa shape index (κ3) is 4.93. The van der Waals surface area contributed by atoms with E-state index < -0.39 is 0 Å². The second-order valence-corrected chi connectivity index (χ2v) is 5.64. The van der Waals surface area contributed by atoms with Crippen molar-refractivity contribution in [3.8, 4) is 0 Å². The number of hydrogen-bond donors (Lipinski definition) is 1. The van der Waals surface area contributed by atoms with Crippen molar-refractivity contribution in [1.29, 1.82) is 0 Å². The van der Waals surface area contributed by atoms with Gasteiger partial charge in [-0.3, -0.25) is 9.88 Å². The Balaban J connectivity index is 1.79. The van der Waals surface area contributed by atoms with Crippen LogP contribution in [0, 0.1) is 5.92 Å². The first-order valence-corrected chi connectivity index (χ1v) is 7.06. The summed E-state index contributed by atoms with van der Waals surface area (Å²) in [6.07, 6.45) is 3.38. The first-order chi connectivity index (χ1) is 9.13. The number of hydrogen-bond acceptors (Lipinski definition) is 5. The molecule has 1 unspecified atom stereocenters. The van der Waals surface area contributed by atoms with Crippen LogP contribution < -0.4 is 5.32 Å². The normalized spacial score (nSPS) is 20.7. The number of ether oxygens (including phenoxy) is 1. The van der Waals surface area contributed by atoms with Gasteiger partial charge in [0.1, 0.15) is 11.0 Å². The minimum Gasteiger partial charge on any atom is -0.374 e. The van der Waals surface area contributed by atoms with Gasteiger partial charge in [-0.05, 0) is 5.92 Å². The van der Waals surface area contributed by atoms with Gasteiger partial charge in [0.2, 0.25) is 0 Å². The SMILES string of the molecule is CC(C)CN1CCOC(CNc2cncc(Cl)n2)C1. The zero-order chi connectivity index (χ0) is 13.7. The lowest BCUT2D eigenvalue weighted by Crippen LogP contribution is -2.46. The summed E-state index contributed by atoms with van der Waals surface area (Å²) in [5, 5.41) is 3.62. The Morgan fingerprint density at radius 3 is 3.11 bits per heavy atom. The molecule has 0 amide bonds. The van der Waals surface area contributed by atoms with E-state index in [4.69, 9.17) is 16.3 Å². The molecule has 1 fully saturated rings. The highest BCUT2D eigenvalue weighted by molar-refractivity contribution is 6.29. The summed E-state index contributed by atoms with van der Waals surface area (Å²) >= 11 is 5.79. The van der Waals surface area contributed by atoms with Crippen molar-refractivity contribution in [2.75, 3.05) is 38.1 Å². The molecule has 1 aliphatic heterocycles. The van der Waals surface area contributed by atoms with Crippen molar-refractivity contribution >= 4 is 17.4 Å². The molecule has 2 rings (SSSR count). The first-order valence-electron chi connectivity index (χ1n) is 6.69. The van der Waals surface area contributed by atoms with Gasteiger partial charge in [0.25, 0.3) is 0 Å². The molecule has 19 heavy (non-hydrogen) atoms. The number of aromatic nitrogens is 2. The van der Waals surface area contributed by atoms with Crippen LogP contribution in [-0.2, 0) is 4.74 Å². The van der Waals surface area contributed by atoms with Crippen molar-refractivity contribution in [2.45, 2.75) is 20.0 Å². The summed E-state index contributed by atoms with van der Waals surface area (Å²) in [7, 11) is 0. The molecule has 0 aromatic carbocycles. The Morgan fingerprint density at radius 2 is 2.37 bits per heavy atom. The molecule has 1 atom stereocenters. The molecule has 2 heterocycles. The molecule has 0 bridgehead atoms. The maximum Gasteiger partial charge on any atom is 0.149 e. The van der Waals surface area contributed by atoms with Gasteiger partial charge in [-0.2, -0.15) is 0 Å². The molecule has 1 N–H and O–H groups in total. The predicted octanol–water partition coefficient (Wildman–Crippen LogP) is 1.90. The largest absolute Gasteiger partial charge is 0.374 e. The van der Waals surface area contributed by atoms with Gasteiger partial charge in [-0.1, -0.05) is 25.4 Å². The van der Waals surface area contributed by atoms with Crippen LogP contribution in [0.5, 0.6) is 0 Å². The molecular formula is C13H21ClN4O. The molecule has 6 heteroatoms. The van der Waals surface area contributed by atoms with E-state index in [0.717, 1.165) is 32.8 Å². The first kappa shape index (κ1) is 14.5. The fourth-order valence-corrected chi connectivity index (χ4v) is 2.38. The molecule has 0 radical (unpaired) electrons. The van der Waals surface area contributed by atoms with E-state index in [2.05, 4.69) is 34.0 Å². The lowest BCUT2D eigenvalue weighted by atomic mass is 10.2. The second-order valence-electron chi connectivity index (χ2n) is 5.25. The van der Waals surface area contributed by atoms with E-state index in [-0.39, 0.29) is 6.10 Å². The molecule has 5 nitrogen and oxygen atoms in total. The molecule has 0 aliphatic carbocycles. The van der Waals surface area contributed by atoms with Crippen molar-refractivity contribution in [2.24, 2.45) is 5.92 Å². The third-order valence-electron chi connectivity index (χ3n) is 2.96. The van der Waals surface area contributed by atoms with Gasteiger partial charge in [0.15, 0.2) is 0 Å². The molecule has 1 aromatic heterocycles. The average Bonchev–Trinajstić information content (AvgIpc) is 2.36. The van der Waals surface area contributed by atoms with Crippen molar-refractivity contribution in [1.82, 2.24) is 14.9 Å². The number of morpholine rings is 1. The standard InChI is InChI=1S/C13H21ClN4O/c1-10(2)8-18-3-4-19-11(9-18)5-16-13-7-15-6-12(14)17-13/h6-7,10-11H,3-5,8-9H2,1-2H3,(H,16,17). The van der Waals surface area contributed by atoms with E-state index in [1.807, 2.05) is 0 Å². The van der Waals surface area contributed by atoms with Crippen LogP contribution in [-0.4, -0.2) is 53.8 Å². The Morgan fingerprint density at radius 1 is 1.53 bits per heavy atom. The van der Waals surface area contributed by atoms with Crippen LogP contribution in [0.4, 0.5) is 5.82 Å². The van der Waals surface area contributed by atoms with Gasteiger partial charge in [0.05, 0.1) is 25.1 Å². The molecule has 1 aliphatic rings. The van der Waals surface area contributed by atoms with E-state index in [9.17, 15) is 0 Å². The maximum atomic E-state index is 5.79. The summed E-state index contributed by atoms with van der Waals surface area (Å²) < 4.78 is 5.76. The van der Waals surface area contributed by atoms with Crippen molar-refractivity contribution < 1.29 is 4.74 Å². The minimum atomic E-state index is 0.188. The summed E-state index contributed by atoms with van der Waals surface area (Å²) in [5.41, 5.74) is 0. The number of rotatable bonds is 5. The van der Waals surface area contributed by atoms with Gasteiger partial charge in [0, 0.05) is 26.2 Å². The summed E-state index contributed by atoms with van der Waals surface area (Å²) in [6, 6.07) is 0. The molecule has 1 saturated heterocycles. The van der Waals surface area contributed by atoms with Crippen molar-refractivity contribution in [3.05, 3.63) is 17.5 Å². The lowest BCUT2D eigenvalue weighted by molar-refractivity contribution is -0.0244. The molecule has 0 spiro atoms. The van der Waals surface area contributed by atoms with Crippen molar-refractivity contribution in [3.63, 3.8) is 0 Å². The Kier molecular flexibility index (Phi) is 5.36. The Hall–Kier alpha value is -0.910. The van der Waals surface area contributed by atoms with Crippen LogP contribution in [0.1, 0.15) is 13.8 Å². The van der Waals surface area contributed by atoms with Gasteiger partial charge >= 0.3 is 0 Å². The smallest absolute Gasteiger partial charge is 0.149 e. The number of nitrogens with one attached hydrogen (secondary N) is 1. The van der Waals surface area contributed by atoms with Gasteiger partial charge < -0.3 is 10.1 Å². The lowest BCUT2D eigenvalue weighted by Gasteiger charge is -2.34. The van der Waals surface area contributed by atoms with E-state index in [0.29, 0.717) is 16.9 Å². The number of anilines is 1. The zero-order valence-corrected chi connectivity index (χ0v) is 12.2. The van der Waals surface area contributed by atoms with Gasteiger partial charge in [-0.25, -0.2) is 4.98 Å². The van der Waals surface area contributed by atoms with Crippen LogP contribution in [0.25, 0.3) is 0 Å². The zero-order valence-electron chi connectivity index (χ0n) is 11.5. The Bertz CT molecular complexity index is 402. The summed E-state index contributed by atoms with van der Waals surface area (Å²) in [5.74, 6) is 1.38. The fourth-order valence-electron chi connectivity index (χ4n) is 2.23. The third-order valence-corrected chi connectivity index (χ3v) is 3.14. The summed E-state index contributed by atoms with van der Waals surface area (Å²) in [6.45, 7) is 9.10. The minimum absolute atomic E-state index is 0.188.